The topological polar surface area (TPSA) is 81.7 Å². The second-order valence-electron chi connectivity index (χ2n) is 7.40. The van der Waals surface area contributed by atoms with Crippen molar-refractivity contribution in [2.24, 2.45) is 5.92 Å². The predicted octanol–water partition coefficient (Wildman–Crippen LogP) is 3.93. The molecule has 1 aliphatic rings. The summed E-state index contributed by atoms with van der Waals surface area (Å²) < 4.78 is 31.8. The first-order valence-corrected chi connectivity index (χ1v) is 12.1. The van der Waals surface area contributed by atoms with Crippen LogP contribution in [0, 0.1) is 5.92 Å². The average molecular weight is 432 g/mol. The van der Waals surface area contributed by atoms with Crippen molar-refractivity contribution in [2.45, 2.75) is 57.4 Å². The molecule has 1 N–H and O–H groups in total. The van der Waals surface area contributed by atoms with Crippen molar-refractivity contribution >= 4 is 27.7 Å². The molecule has 28 heavy (non-hydrogen) atoms. The molecule has 0 aliphatic heterocycles. The largest absolute Gasteiger partial charge is 0.426 e. The molecule has 0 unspecified atom stereocenters. The molecule has 0 bridgehead atoms. The smallest absolute Gasteiger partial charge is 0.325 e. The maximum atomic E-state index is 11.9. The van der Waals surface area contributed by atoms with Crippen LogP contribution in [0.25, 0.3) is 0 Å². The fourth-order valence-electron chi connectivity index (χ4n) is 3.48. The number of ether oxygens (including phenoxy) is 1. The van der Waals surface area contributed by atoms with E-state index in [4.69, 9.17) is 20.5 Å². The van der Waals surface area contributed by atoms with Crippen molar-refractivity contribution in [1.82, 2.24) is 5.32 Å². The lowest BCUT2D eigenvalue weighted by Crippen LogP contribution is -2.37. The number of hydrogen-bond acceptors (Lipinski definition) is 6. The maximum Gasteiger partial charge on any atom is 0.325 e. The Morgan fingerprint density at radius 2 is 1.79 bits per heavy atom. The Bertz CT molecular complexity index is 700. The van der Waals surface area contributed by atoms with E-state index in [-0.39, 0.29) is 19.1 Å². The van der Waals surface area contributed by atoms with Gasteiger partial charge in [-0.15, -0.1) is 0 Å². The van der Waals surface area contributed by atoms with Crippen LogP contribution in [0.2, 0.25) is 5.02 Å². The summed E-state index contributed by atoms with van der Waals surface area (Å²) in [6.45, 7) is 0.486. The van der Waals surface area contributed by atoms with E-state index in [2.05, 4.69) is 5.32 Å². The number of carbonyl (C=O) groups is 1. The van der Waals surface area contributed by atoms with Crippen LogP contribution in [0.4, 0.5) is 0 Å². The van der Waals surface area contributed by atoms with Gasteiger partial charge in [-0.3, -0.25) is 8.98 Å². The Kier molecular flexibility index (Phi) is 9.71. The molecule has 0 radical (unpaired) electrons. The van der Waals surface area contributed by atoms with E-state index in [1.807, 2.05) is 0 Å². The predicted molar refractivity (Wildman–Crippen MR) is 110 cm³/mol. The van der Waals surface area contributed by atoms with Crippen LogP contribution in [-0.2, 0) is 19.1 Å². The zero-order chi connectivity index (χ0) is 20.4. The van der Waals surface area contributed by atoms with Crippen molar-refractivity contribution in [1.29, 1.82) is 0 Å². The lowest BCUT2D eigenvalue weighted by atomic mass is 9.83. The van der Waals surface area contributed by atoms with E-state index in [1.165, 1.54) is 6.42 Å². The first-order valence-electron chi connectivity index (χ1n) is 9.86. The highest BCUT2D eigenvalue weighted by molar-refractivity contribution is 7.85. The Labute approximate surface area is 173 Å². The highest BCUT2D eigenvalue weighted by Crippen LogP contribution is 2.28. The van der Waals surface area contributed by atoms with Crippen LogP contribution in [0.3, 0.4) is 0 Å². The maximum absolute atomic E-state index is 11.9. The van der Waals surface area contributed by atoms with Crippen LogP contribution in [0.5, 0.6) is 5.75 Å². The van der Waals surface area contributed by atoms with Gasteiger partial charge >= 0.3 is 5.97 Å². The number of esters is 1. The molecule has 0 saturated heterocycles. The van der Waals surface area contributed by atoms with E-state index in [0.717, 1.165) is 57.1 Å². The number of nitrogens with one attached hydrogen (secondary N) is 1. The summed E-state index contributed by atoms with van der Waals surface area (Å²) in [6.07, 6.45) is 9.56. The summed E-state index contributed by atoms with van der Waals surface area (Å²) in [4.78, 5) is 11.9. The van der Waals surface area contributed by atoms with Crippen LogP contribution in [0.1, 0.15) is 51.4 Å². The molecule has 1 fully saturated rings. The number of halogens is 1. The van der Waals surface area contributed by atoms with E-state index >= 15 is 0 Å². The summed E-state index contributed by atoms with van der Waals surface area (Å²) in [5.74, 6) is 0.928. The summed E-state index contributed by atoms with van der Waals surface area (Å²) in [5, 5.41) is 3.91. The van der Waals surface area contributed by atoms with Gasteiger partial charge < -0.3 is 10.1 Å². The number of rotatable bonds is 11. The Hall–Kier alpha value is -1.15. The molecule has 1 aliphatic carbocycles. The molecule has 6 nitrogen and oxygen atoms in total. The van der Waals surface area contributed by atoms with Gasteiger partial charge in [0.15, 0.2) is 0 Å². The third-order valence-corrected chi connectivity index (χ3v) is 5.83. The van der Waals surface area contributed by atoms with Gasteiger partial charge in [-0.25, -0.2) is 0 Å². The van der Waals surface area contributed by atoms with Gasteiger partial charge in [0, 0.05) is 11.1 Å². The second-order valence-corrected chi connectivity index (χ2v) is 9.48. The molecule has 0 heterocycles. The molecule has 0 amide bonds. The zero-order valence-electron chi connectivity index (χ0n) is 16.4. The van der Waals surface area contributed by atoms with Gasteiger partial charge in [-0.2, -0.15) is 8.42 Å². The molecule has 8 heteroatoms. The number of benzene rings is 1. The highest BCUT2D eigenvalue weighted by atomic mass is 35.5. The molecule has 2 rings (SSSR count). The second kappa shape index (κ2) is 11.8. The first kappa shape index (κ1) is 23.1. The Morgan fingerprint density at radius 3 is 2.43 bits per heavy atom. The van der Waals surface area contributed by atoms with Crippen LogP contribution in [-0.4, -0.2) is 39.8 Å². The quantitative estimate of drug-likeness (QED) is 0.247. The van der Waals surface area contributed by atoms with Crippen molar-refractivity contribution in [3.05, 3.63) is 29.3 Å². The monoisotopic (exact) mass is 431 g/mol. The van der Waals surface area contributed by atoms with Gasteiger partial charge in [0.05, 0.1) is 19.4 Å². The van der Waals surface area contributed by atoms with Crippen LogP contribution >= 0.6 is 11.6 Å². The molecule has 1 aromatic carbocycles. The number of carbonyl (C=O) groups excluding carboxylic acids is 1. The van der Waals surface area contributed by atoms with Crippen LogP contribution in [0.15, 0.2) is 24.3 Å². The third kappa shape index (κ3) is 9.87. The highest BCUT2D eigenvalue weighted by Gasteiger charge is 2.21. The van der Waals surface area contributed by atoms with Gasteiger partial charge in [-0.1, -0.05) is 30.9 Å². The summed E-state index contributed by atoms with van der Waals surface area (Å²) in [5.41, 5.74) is 0. The van der Waals surface area contributed by atoms with E-state index in [9.17, 15) is 13.2 Å². The SMILES string of the molecule is CS(=O)(=O)OCCCCCC1CCC(NCC(=O)Oc2ccc(Cl)cc2)CC1. The average Bonchev–Trinajstić information content (AvgIpc) is 2.65. The molecule has 1 saturated carbocycles. The van der Waals surface area contributed by atoms with Crippen molar-refractivity contribution in [3.8, 4) is 5.75 Å². The van der Waals surface area contributed by atoms with Crippen molar-refractivity contribution in [3.63, 3.8) is 0 Å². The lowest BCUT2D eigenvalue weighted by Gasteiger charge is -2.29. The molecule has 0 atom stereocenters. The van der Waals surface area contributed by atoms with Crippen molar-refractivity contribution in [2.75, 3.05) is 19.4 Å². The molecule has 1 aromatic rings. The molecular weight excluding hydrogens is 402 g/mol. The number of hydrogen-bond donors (Lipinski definition) is 1. The van der Waals surface area contributed by atoms with Gasteiger partial charge in [0.25, 0.3) is 10.1 Å². The van der Waals surface area contributed by atoms with E-state index in [0.29, 0.717) is 16.8 Å². The standard InChI is InChI=1S/C20H30ClNO5S/c1-28(24,25)26-14-4-2-3-5-16-6-10-18(11-7-16)22-15-20(23)27-19-12-8-17(21)9-13-19/h8-9,12-13,16,18,22H,2-7,10-11,14-15H2,1H3. The number of unbranched alkanes of at least 4 members (excludes halogenated alkanes) is 2. The minimum atomic E-state index is -3.31. The minimum Gasteiger partial charge on any atom is -0.426 e. The Balaban J connectivity index is 1.52. The summed E-state index contributed by atoms with van der Waals surface area (Å²) in [7, 11) is -3.31. The van der Waals surface area contributed by atoms with Gasteiger partial charge in [0.2, 0.25) is 0 Å². The molecule has 0 aromatic heterocycles. The third-order valence-electron chi connectivity index (χ3n) is 4.98. The minimum absolute atomic E-state index is 0.207. The van der Waals surface area contributed by atoms with E-state index < -0.39 is 10.1 Å². The normalized spacial score (nSPS) is 20.1. The molecule has 158 valence electrons. The Morgan fingerprint density at radius 1 is 1.11 bits per heavy atom. The summed E-state index contributed by atoms with van der Waals surface area (Å²) >= 11 is 5.81. The molecule has 0 spiro atoms. The fourth-order valence-corrected chi connectivity index (χ4v) is 4.02. The lowest BCUT2D eigenvalue weighted by molar-refractivity contribution is -0.133. The molecular formula is C20H30ClNO5S. The summed E-state index contributed by atoms with van der Waals surface area (Å²) in [6, 6.07) is 7.10. The van der Waals surface area contributed by atoms with Gasteiger partial charge in [0.1, 0.15) is 5.75 Å². The zero-order valence-corrected chi connectivity index (χ0v) is 17.9. The fraction of sp³-hybridized carbons (Fsp3) is 0.650. The van der Waals surface area contributed by atoms with Crippen molar-refractivity contribution < 1.29 is 22.1 Å². The van der Waals surface area contributed by atoms with E-state index in [1.54, 1.807) is 24.3 Å². The van der Waals surface area contributed by atoms with Gasteiger partial charge in [-0.05, 0) is 62.3 Å². The first-order chi connectivity index (χ1) is 13.3. The van der Waals surface area contributed by atoms with Crippen LogP contribution < -0.4 is 10.1 Å².